The molecule has 158 valence electrons. The maximum absolute atomic E-state index is 13.1. The van der Waals surface area contributed by atoms with E-state index in [1.54, 1.807) is 14.0 Å². The van der Waals surface area contributed by atoms with Crippen LogP contribution in [0, 0.1) is 6.92 Å². The molecule has 1 unspecified atom stereocenters. The number of benzene rings is 2. The number of para-hydroxylation sites is 2. The van der Waals surface area contributed by atoms with E-state index in [4.69, 9.17) is 0 Å². The van der Waals surface area contributed by atoms with Crippen molar-refractivity contribution in [1.29, 1.82) is 0 Å². The Kier molecular flexibility index (Phi) is 5.98. The first-order valence-corrected chi connectivity index (χ1v) is 9.49. The fourth-order valence-corrected chi connectivity index (χ4v) is 3.47. The normalized spacial score (nSPS) is 13.8. The van der Waals surface area contributed by atoms with Gasteiger partial charge in [-0.15, -0.1) is 0 Å². The Hall–Kier alpha value is -3.13. The zero-order chi connectivity index (χ0) is 22.1. The number of nitrogens with one attached hydrogen (secondary N) is 3. The molecule has 0 aliphatic carbocycles. The average Bonchev–Trinajstić information content (AvgIpc) is 3.01. The molecule has 30 heavy (non-hydrogen) atoms. The minimum Gasteiger partial charge on any atom is -0.358 e. The summed E-state index contributed by atoms with van der Waals surface area (Å²) in [6, 6.07) is 11.7. The molecule has 0 aliphatic rings. The highest BCUT2D eigenvalue weighted by Crippen LogP contribution is 2.34. The Morgan fingerprint density at radius 3 is 2.43 bits per heavy atom. The van der Waals surface area contributed by atoms with Crippen molar-refractivity contribution in [3.05, 3.63) is 65.4 Å². The van der Waals surface area contributed by atoms with Gasteiger partial charge in [0.2, 0.25) is 5.78 Å². The number of fused-ring (bicyclic) bond motifs is 1. The van der Waals surface area contributed by atoms with Crippen LogP contribution in [0.5, 0.6) is 0 Å². The molecule has 1 amide bonds. The zero-order valence-corrected chi connectivity index (χ0v) is 16.9. The van der Waals surface area contributed by atoms with E-state index >= 15 is 0 Å². The molecule has 5 nitrogen and oxygen atoms in total. The summed E-state index contributed by atoms with van der Waals surface area (Å²) in [5, 5.41) is 3.13. The van der Waals surface area contributed by atoms with Crippen molar-refractivity contribution in [1.82, 2.24) is 4.98 Å². The molecule has 2 aromatic carbocycles. The molecule has 0 bridgehead atoms. The van der Waals surface area contributed by atoms with Crippen LogP contribution in [0.4, 0.5) is 18.9 Å². The van der Waals surface area contributed by atoms with Gasteiger partial charge >= 0.3 is 6.18 Å². The van der Waals surface area contributed by atoms with Crippen molar-refractivity contribution < 1.29 is 27.7 Å². The van der Waals surface area contributed by atoms with Gasteiger partial charge < -0.3 is 15.2 Å². The van der Waals surface area contributed by atoms with Gasteiger partial charge in [0, 0.05) is 16.6 Å². The van der Waals surface area contributed by atoms with Crippen LogP contribution >= 0.6 is 0 Å². The number of rotatable bonds is 6. The van der Waals surface area contributed by atoms with Crippen LogP contribution < -0.4 is 10.2 Å². The molecule has 3 aromatic rings. The Bertz CT molecular complexity index is 1090. The number of carbonyl (C=O) groups excluding carboxylic acids is 2. The Morgan fingerprint density at radius 2 is 1.73 bits per heavy atom. The van der Waals surface area contributed by atoms with Crippen LogP contribution in [0.3, 0.4) is 0 Å². The highest BCUT2D eigenvalue weighted by atomic mass is 19.4. The van der Waals surface area contributed by atoms with Gasteiger partial charge in [-0.1, -0.05) is 30.3 Å². The highest BCUT2D eigenvalue weighted by molar-refractivity contribution is 6.11. The smallest absolute Gasteiger partial charge is 0.358 e. The molecular formula is C22H23F3N3O2+. The highest BCUT2D eigenvalue weighted by Gasteiger charge is 2.34. The first kappa shape index (κ1) is 21.6. The van der Waals surface area contributed by atoms with Gasteiger partial charge in [-0.05, 0) is 32.0 Å². The number of aromatic amines is 1. The number of anilines is 1. The quantitative estimate of drug-likeness (QED) is 0.538. The maximum atomic E-state index is 13.1. The van der Waals surface area contributed by atoms with E-state index in [0.29, 0.717) is 10.5 Å². The van der Waals surface area contributed by atoms with E-state index < -0.39 is 23.7 Å². The molecule has 8 heteroatoms. The number of hydrogen-bond acceptors (Lipinski definition) is 2. The first-order valence-electron chi connectivity index (χ1n) is 9.49. The molecule has 0 fully saturated rings. The number of likely N-dealkylation sites (N-methyl/N-ethyl adjacent to an activating group) is 1. The second kappa shape index (κ2) is 8.31. The van der Waals surface area contributed by atoms with Crippen molar-refractivity contribution in [2.45, 2.75) is 26.1 Å². The van der Waals surface area contributed by atoms with Crippen LogP contribution in [0.1, 0.15) is 28.5 Å². The van der Waals surface area contributed by atoms with Gasteiger partial charge in [-0.25, -0.2) is 0 Å². The molecule has 0 spiro atoms. The summed E-state index contributed by atoms with van der Waals surface area (Å²) in [5.41, 5.74) is 0.957. The summed E-state index contributed by atoms with van der Waals surface area (Å²) in [6.07, 6.45) is -4.57. The van der Waals surface area contributed by atoms with Crippen molar-refractivity contribution in [2.24, 2.45) is 0 Å². The number of carbonyl (C=O) groups is 2. The fourth-order valence-electron chi connectivity index (χ4n) is 3.47. The van der Waals surface area contributed by atoms with Crippen molar-refractivity contribution in [3.63, 3.8) is 0 Å². The molecule has 1 aromatic heterocycles. The van der Waals surface area contributed by atoms with E-state index in [1.165, 1.54) is 18.2 Å². The number of aromatic nitrogens is 1. The van der Waals surface area contributed by atoms with Gasteiger partial charge in [0.05, 0.1) is 23.9 Å². The van der Waals surface area contributed by atoms with Crippen molar-refractivity contribution >= 4 is 28.3 Å². The molecule has 1 heterocycles. The molecule has 0 aliphatic heterocycles. The third-order valence-electron chi connectivity index (χ3n) is 5.22. The number of Topliss-reactive ketones (excluding diaryl/α,β-unsaturated/α-hetero) is 1. The summed E-state index contributed by atoms with van der Waals surface area (Å²) in [6.45, 7) is 3.37. The van der Waals surface area contributed by atoms with E-state index in [1.807, 2.05) is 31.2 Å². The summed E-state index contributed by atoms with van der Waals surface area (Å²) < 4.78 is 39.3. The second-order valence-electron chi connectivity index (χ2n) is 7.37. The summed E-state index contributed by atoms with van der Waals surface area (Å²) in [7, 11) is 1.67. The van der Waals surface area contributed by atoms with E-state index in [2.05, 4.69) is 10.3 Å². The van der Waals surface area contributed by atoms with E-state index in [9.17, 15) is 22.8 Å². The van der Waals surface area contributed by atoms with Crippen LogP contribution in [0.25, 0.3) is 10.9 Å². The summed E-state index contributed by atoms with van der Waals surface area (Å²) in [4.78, 5) is 29.2. The largest absolute Gasteiger partial charge is 0.418 e. The number of amides is 1. The monoisotopic (exact) mass is 418 g/mol. The SMILES string of the molecule is Cc1[nH]c2ccccc2c1C(=O)[C@@H](C)[NH+](C)CC(=O)Nc1ccccc1C(F)(F)F. The van der Waals surface area contributed by atoms with Crippen LogP contribution in [0.15, 0.2) is 48.5 Å². The molecular weight excluding hydrogens is 395 g/mol. The maximum Gasteiger partial charge on any atom is 0.418 e. The van der Waals surface area contributed by atoms with Gasteiger partial charge in [0.1, 0.15) is 6.04 Å². The van der Waals surface area contributed by atoms with Crippen LogP contribution in [0.2, 0.25) is 0 Å². The Balaban J connectivity index is 1.73. The number of aryl methyl sites for hydroxylation is 1. The lowest BCUT2D eigenvalue weighted by Crippen LogP contribution is -3.14. The second-order valence-corrected chi connectivity index (χ2v) is 7.37. The molecule has 3 rings (SSSR count). The minimum atomic E-state index is -4.57. The van der Waals surface area contributed by atoms with E-state index in [0.717, 1.165) is 22.7 Å². The lowest BCUT2D eigenvalue weighted by molar-refractivity contribution is -0.885. The van der Waals surface area contributed by atoms with Gasteiger partial charge in [-0.3, -0.25) is 9.59 Å². The fraction of sp³-hybridized carbons (Fsp3) is 0.273. The molecule has 0 radical (unpaired) electrons. The van der Waals surface area contributed by atoms with Gasteiger partial charge in [0.25, 0.3) is 5.91 Å². The van der Waals surface area contributed by atoms with Crippen molar-refractivity contribution in [2.75, 3.05) is 18.9 Å². The third-order valence-corrected chi connectivity index (χ3v) is 5.22. The van der Waals surface area contributed by atoms with Crippen molar-refractivity contribution in [3.8, 4) is 0 Å². The lowest BCUT2D eigenvalue weighted by atomic mass is 10.0. The van der Waals surface area contributed by atoms with Crippen LogP contribution in [-0.4, -0.2) is 36.3 Å². The third kappa shape index (κ3) is 4.38. The predicted octanol–water partition coefficient (Wildman–Crippen LogP) is 3.22. The topological polar surface area (TPSA) is 66.4 Å². The Morgan fingerprint density at radius 1 is 1.10 bits per heavy atom. The standard InChI is InChI=1S/C22H22F3N3O2/c1-13-20(15-8-4-6-10-17(15)26-13)21(30)14(2)28(3)12-19(29)27-18-11-7-5-9-16(18)22(23,24)25/h4-11,14,26H,12H2,1-3H3,(H,27,29)/p+1/t14-/m1/s1. The molecule has 0 saturated heterocycles. The summed E-state index contributed by atoms with van der Waals surface area (Å²) >= 11 is 0. The number of ketones is 1. The van der Waals surface area contributed by atoms with E-state index in [-0.39, 0.29) is 18.0 Å². The number of hydrogen-bond donors (Lipinski definition) is 3. The minimum absolute atomic E-state index is 0.133. The number of quaternary nitrogens is 1. The van der Waals surface area contributed by atoms with Gasteiger partial charge in [0.15, 0.2) is 6.54 Å². The molecule has 0 saturated carbocycles. The summed E-state index contributed by atoms with van der Waals surface area (Å²) in [5.74, 6) is -0.731. The number of alkyl halides is 3. The molecule has 2 atom stereocenters. The zero-order valence-electron chi connectivity index (χ0n) is 16.9. The first-order chi connectivity index (χ1) is 14.1. The number of halogens is 3. The lowest BCUT2D eigenvalue weighted by Gasteiger charge is -2.21. The van der Waals surface area contributed by atoms with Gasteiger partial charge in [-0.2, -0.15) is 13.2 Å². The number of H-pyrrole nitrogens is 1. The predicted molar refractivity (Wildman–Crippen MR) is 109 cm³/mol. The Labute approximate surface area is 171 Å². The van der Waals surface area contributed by atoms with Crippen LogP contribution in [-0.2, 0) is 11.0 Å². The molecule has 3 N–H and O–H groups in total. The average molecular weight is 418 g/mol.